The lowest BCUT2D eigenvalue weighted by Crippen LogP contribution is -2.54. The number of nitrogens with zero attached hydrogens (tertiary/aromatic N) is 3. The first-order valence-electron chi connectivity index (χ1n) is 10.2. The third-order valence-corrected chi connectivity index (χ3v) is 5.30. The number of carbonyl (C=O) groups excluding carboxylic acids is 2. The molecule has 2 aliphatic rings. The highest BCUT2D eigenvalue weighted by Gasteiger charge is 2.28. The number of morpholine rings is 1. The van der Waals surface area contributed by atoms with Gasteiger partial charge < -0.3 is 15.0 Å². The Morgan fingerprint density at radius 3 is 2.14 bits per heavy atom. The summed E-state index contributed by atoms with van der Waals surface area (Å²) in [5.41, 5.74) is 1.10. The van der Waals surface area contributed by atoms with Gasteiger partial charge in [-0.2, -0.15) is 0 Å². The number of hydrogen-bond acceptors (Lipinski definition) is 5. The van der Waals surface area contributed by atoms with Crippen molar-refractivity contribution in [2.45, 2.75) is 32.6 Å². The molecular weight excluding hydrogens is 356 g/mol. The van der Waals surface area contributed by atoms with E-state index in [0.717, 1.165) is 31.7 Å². The van der Waals surface area contributed by atoms with Gasteiger partial charge >= 0.3 is 0 Å². The molecular formula is C21H32N4O3. The molecule has 7 heteroatoms. The van der Waals surface area contributed by atoms with Gasteiger partial charge in [0.05, 0.1) is 25.3 Å². The van der Waals surface area contributed by atoms with Crippen LogP contribution in [-0.2, 0) is 20.9 Å². The number of benzene rings is 1. The average Bonchev–Trinajstić information content (AvgIpc) is 2.68. The maximum absolute atomic E-state index is 12.6. The molecule has 2 heterocycles. The van der Waals surface area contributed by atoms with Crippen LogP contribution in [0, 0.1) is 0 Å². The van der Waals surface area contributed by atoms with Crippen LogP contribution in [0.25, 0.3) is 0 Å². The summed E-state index contributed by atoms with van der Waals surface area (Å²) < 4.78 is 5.70. The quantitative estimate of drug-likeness (QED) is 0.771. The Morgan fingerprint density at radius 1 is 0.964 bits per heavy atom. The molecule has 3 rings (SSSR count). The van der Waals surface area contributed by atoms with Crippen LogP contribution in [-0.4, -0.2) is 91.1 Å². The number of rotatable bonds is 6. The molecule has 1 aromatic rings. The van der Waals surface area contributed by atoms with Crippen molar-refractivity contribution >= 4 is 11.8 Å². The summed E-state index contributed by atoms with van der Waals surface area (Å²) in [5.74, 6) is 0.223. The molecule has 2 aliphatic heterocycles. The summed E-state index contributed by atoms with van der Waals surface area (Å²) in [6, 6.07) is 9.92. The van der Waals surface area contributed by atoms with E-state index in [1.54, 1.807) is 0 Å². The van der Waals surface area contributed by atoms with Crippen molar-refractivity contribution in [2.75, 3.05) is 52.4 Å². The minimum absolute atomic E-state index is 0.0460. The van der Waals surface area contributed by atoms with Gasteiger partial charge in [0.1, 0.15) is 0 Å². The fourth-order valence-corrected chi connectivity index (χ4v) is 3.83. The van der Waals surface area contributed by atoms with Crippen molar-refractivity contribution < 1.29 is 14.3 Å². The zero-order chi connectivity index (χ0) is 19.9. The zero-order valence-electron chi connectivity index (χ0n) is 17.0. The van der Waals surface area contributed by atoms with Crippen molar-refractivity contribution in [1.82, 2.24) is 20.0 Å². The van der Waals surface area contributed by atoms with E-state index in [1.165, 1.54) is 0 Å². The molecule has 0 aliphatic carbocycles. The summed E-state index contributed by atoms with van der Waals surface area (Å²) >= 11 is 0. The maximum Gasteiger partial charge on any atom is 0.236 e. The second-order valence-corrected chi connectivity index (χ2v) is 7.87. The fraction of sp³-hybridized carbons (Fsp3) is 0.619. The Kier molecular flexibility index (Phi) is 7.42. The molecule has 2 saturated heterocycles. The van der Waals surface area contributed by atoms with Crippen molar-refractivity contribution in [3.8, 4) is 0 Å². The lowest BCUT2D eigenvalue weighted by molar-refractivity contribution is -0.144. The molecule has 7 nitrogen and oxygen atoms in total. The molecule has 0 saturated carbocycles. The lowest BCUT2D eigenvalue weighted by Gasteiger charge is -2.38. The first-order chi connectivity index (χ1) is 13.5. The third-order valence-electron chi connectivity index (χ3n) is 5.30. The van der Waals surface area contributed by atoms with Crippen LogP contribution >= 0.6 is 0 Å². The Hall–Kier alpha value is -1.96. The van der Waals surface area contributed by atoms with Crippen molar-refractivity contribution in [3.05, 3.63) is 35.9 Å². The van der Waals surface area contributed by atoms with Crippen LogP contribution in [0.4, 0.5) is 0 Å². The third kappa shape index (κ3) is 6.29. The van der Waals surface area contributed by atoms with Crippen molar-refractivity contribution in [1.29, 1.82) is 0 Å². The minimum atomic E-state index is 0.0460. The summed E-state index contributed by atoms with van der Waals surface area (Å²) in [7, 11) is 0. The summed E-state index contributed by atoms with van der Waals surface area (Å²) in [5, 5.41) is 2.97. The smallest absolute Gasteiger partial charge is 0.236 e. The highest BCUT2D eigenvalue weighted by molar-refractivity contribution is 5.79. The van der Waals surface area contributed by atoms with Gasteiger partial charge in [-0.25, -0.2) is 0 Å². The molecule has 0 aromatic heterocycles. The minimum Gasteiger partial charge on any atom is -0.372 e. The van der Waals surface area contributed by atoms with Crippen LogP contribution < -0.4 is 5.32 Å². The van der Waals surface area contributed by atoms with Crippen molar-refractivity contribution in [3.63, 3.8) is 0 Å². The highest BCUT2D eigenvalue weighted by Crippen LogP contribution is 2.12. The molecule has 154 valence electrons. The molecule has 0 spiro atoms. The van der Waals surface area contributed by atoms with E-state index in [-0.39, 0.29) is 24.0 Å². The molecule has 2 atom stereocenters. The molecule has 1 aromatic carbocycles. The van der Waals surface area contributed by atoms with E-state index in [2.05, 4.69) is 15.1 Å². The second-order valence-electron chi connectivity index (χ2n) is 7.87. The molecule has 0 bridgehead atoms. The van der Waals surface area contributed by atoms with Gasteiger partial charge in [0.25, 0.3) is 0 Å². The second kappa shape index (κ2) is 10.0. The van der Waals surface area contributed by atoms with Crippen LogP contribution in [0.3, 0.4) is 0 Å². The van der Waals surface area contributed by atoms with Gasteiger partial charge in [0.2, 0.25) is 11.8 Å². The SMILES string of the molecule is CC1CN(C(=O)CN2CCN(CC(=O)NCc3ccccc3)CC2)CC(C)O1. The van der Waals surface area contributed by atoms with E-state index in [0.29, 0.717) is 32.7 Å². The number of nitrogens with one attached hydrogen (secondary N) is 1. The van der Waals surface area contributed by atoms with Gasteiger partial charge in [-0.3, -0.25) is 19.4 Å². The first kappa shape index (κ1) is 20.8. The van der Waals surface area contributed by atoms with Crippen LogP contribution in [0.1, 0.15) is 19.4 Å². The van der Waals surface area contributed by atoms with E-state index < -0.39 is 0 Å². The van der Waals surface area contributed by atoms with Crippen molar-refractivity contribution in [2.24, 2.45) is 0 Å². The van der Waals surface area contributed by atoms with E-state index in [1.807, 2.05) is 49.1 Å². The number of hydrogen-bond donors (Lipinski definition) is 1. The molecule has 2 amide bonds. The number of ether oxygens (including phenoxy) is 1. The summed E-state index contributed by atoms with van der Waals surface area (Å²) in [4.78, 5) is 31.0. The van der Waals surface area contributed by atoms with E-state index in [4.69, 9.17) is 4.74 Å². The predicted octanol–water partition coefficient (Wildman–Crippen LogP) is 0.556. The van der Waals surface area contributed by atoms with Crippen LogP contribution in [0.5, 0.6) is 0 Å². The van der Waals surface area contributed by atoms with Crippen LogP contribution in [0.15, 0.2) is 30.3 Å². The largest absolute Gasteiger partial charge is 0.372 e. The monoisotopic (exact) mass is 388 g/mol. The molecule has 28 heavy (non-hydrogen) atoms. The molecule has 1 N–H and O–H groups in total. The predicted molar refractivity (Wildman–Crippen MR) is 108 cm³/mol. The number of piperazine rings is 1. The lowest BCUT2D eigenvalue weighted by atomic mass is 10.2. The normalized spacial score (nSPS) is 24.1. The standard InChI is InChI=1S/C21H32N4O3/c1-17-13-25(14-18(2)28-17)21(27)16-24-10-8-23(9-11-24)15-20(26)22-12-19-6-4-3-5-7-19/h3-7,17-18H,8-16H2,1-2H3,(H,22,26). The molecule has 2 fully saturated rings. The zero-order valence-corrected chi connectivity index (χ0v) is 17.0. The number of amides is 2. The molecule has 0 radical (unpaired) electrons. The fourth-order valence-electron chi connectivity index (χ4n) is 3.83. The van der Waals surface area contributed by atoms with E-state index in [9.17, 15) is 9.59 Å². The van der Waals surface area contributed by atoms with Gasteiger partial charge in [-0.05, 0) is 19.4 Å². The Morgan fingerprint density at radius 2 is 1.54 bits per heavy atom. The van der Waals surface area contributed by atoms with Gasteiger partial charge in [0, 0.05) is 45.8 Å². The Balaban J connectivity index is 1.35. The topological polar surface area (TPSA) is 65.1 Å². The van der Waals surface area contributed by atoms with Gasteiger partial charge in [0.15, 0.2) is 0 Å². The van der Waals surface area contributed by atoms with Gasteiger partial charge in [-0.1, -0.05) is 30.3 Å². The first-order valence-corrected chi connectivity index (χ1v) is 10.2. The van der Waals surface area contributed by atoms with Gasteiger partial charge in [-0.15, -0.1) is 0 Å². The number of carbonyl (C=O) groups is 2. The summed E-state index contributed by atoms with van der Waals surface area (Å²) in [6.45, 7) is 10.0. The highest BCUT2D eigenvalue weighted by atomic mass is 16.5. The maximum atomic E-state index is 12.6. The Labute approximate surface area is 167 Å². The average molecular weight is 389 g/mol. The van der Waals surface area contributed by atoms with E-state index >= 15 is 0 Å². The van der Waals surface area contributed by atoms with Crippen LogP contribution in [0.2, 0.25) is 0 Å². The Bertz CT molecular complexity index is 636. The molecule has 2 unspecified atom stereocenters. The summed E-state index contributed by atoms with van der Waals surface area (Å²) in [6.07, 6.45) is 0.192.